The van der Waals surface area contributed by atoms with Crippen LogP contribution in [0.2, 0.25) is 0 Å². The minimum absolute atomic E-state index is 0.00281. The number of hydrogen-bond donors (Lipinski definition) is 1. The summed E-state index contributed by atoms with van der Waals surface area (Å²) in [5, 5.41) is 3.69. The van der Waals surface area contributed by atoms with E-state index in [1.165, 1.54) is 11.1 Å². The van der Waals surface area contributed by atoms with Gasteiger partial charge in [-0.05, 0) is 43.0 Å². The molecule has 0 aliphatic carbocycles. The second-order valence-electron chi connectivity index (χ2n) is 6.38. The molecular weight excluding hydrogens is 330 g/mol. The van der Waals surface area contributed by atoms with Crippen LogP contribution >= 0.6 is 11.8 Å². The van der Waals surface area contributed by atoms with Gasteiger partial charge in [-0.3, -0.25) is 4.79 Å². The van der Waals surface area contributed by atoms with Gasteiger partial charge in [0.1, 0.15) is 0 Å². The van der Waals surface area contributed by atoms with E-state index in [0.29, 0.717) is 17.4 Å². The fourth-order valence-electron chi connectivity index (χ4n) is 2.89. The van der Waals surface area contributed by atoms with E-state index in [2.05, 4.69) is 36.5 Å². The number of carbonyl (C=O) groups is 1. The molecule has 1 amide bonds. The number of carbonyl (C=O) groups excluding carboxylic acids is 1. The van der Waals surface area contributed by atoms with Crippen LogP contribution in [0.4, 0.5) is 0 Å². The molecule has 0 bridgehead atoms. The first kappa shape index (κ1) is 18.0. The zero-order valence-corrected chi connectivity index (χ0v) is 15.5. The van der Waals surface area contributed by atoms with Crippen molar-refractivity contribution in [2.75, 3.05) is 25.5 Å². The second kappa shape index (κ2) is 9.07. The van der Waals surface area contributed by atoms with Gasteiger partial charge in [0, 0.05) is 36.3 Å². The van der Waals surface area contributed by atoms with Crippen molar-refractivity contribution >= 4 is 17.7 Å². The molecule has 0 atom stereocenters. The Hall–Kier alpha value is -1.78. The van der Waals surface area contributed by atoms with Crippen molar-refractivity contribution in [3.8, 4) is 11.1 Å². The number of aryl methyl sites for hydroxylation is 1. The summed E-state index contributed by atoms with van der Waals surface area (Å²) in [6, 6.07) is 16.2. The van der Waals surface area contributed by atoms with Gasteiger partial charge in [0.15, 0.2) is 0 Å². The van der Waals surface area contributed by atoms with E-state index in [0.717, 1.165) is 37.4 Å². The second-order valence-corrected chi connectivity index (χ2v) is 7.79. The van der Waals surface area contributed by atoms with Crippen LogP contribution in [0.5, 0.6) is 0 Å². The van der Waals surface area contributed by atoms with E-state index in [-0.39, 0.29) is 5.91 Å². The lowest BCUT2D eigenvalue weighted by atomic mass is 10.0. The maximum Gasteiger partial charge on any atom is 0.251 e. The SMILES string of the molecule is Cc1ccc(-c2ccc(C(=O)NCCSC3CCOCC3)cc2)cc1. The molecule has 0 radical (unpaired) electrons. The van der Waals surface area contributed by atoms with Crippen molar-refractivity contribution < 1.29 is 9.53 Å². The third kappa shape index (κ3) is 5.35. The van der Waals surface area contributed by atoms with Crippen LogP contribution in [0.1, 0.15) is 28.8 Å². The molecular formula is C21H25NO2S. The molecule has 1 saturated heterocycles. The number of rotatable bonds is 6. The van der Waals surface area contributed by atoms with Gasteiger partial charge in [0.25, 0.3) is 5.91 Å². The van der Waals surface area contributed by atoms with Gasteiger partial charge in [0.05, 0.1) is 0 Å². The third-order valence-electron chi connectivity index (χ3n) is 4.44. The molecule has 3 rings (SSSR count). The zero-order chi connectivity index (χ0) is 17.5. The summed E-state index contributed by atoms with van der Waals surface area (Å²) in [7, 11) is 0. The summed E-state index contributed by atoms with van der Waals surface area (Å²) >= 11 is 1.94. The quantitative estimate of drug-likeness (QED) is 0.785. The average Bonchev–Trinajstić information content (AvgIpc) is 2.67. The average molecular weight is 356 g/mol. The summed E-state index contributed by atoms with van der Waals surface area (Å²) in [6.45, 7) is 4.53. The standard InChI is InChI=1S/C21H25NO2S/c1-16-2-4-17(5-3-16)18-6-8-19(9-7-18)21(23)22-12-15-25-20-10-13-24-14-11-20/h2-9,20H,10-15H2,1H3,(H,22,23). The van der Waals surface area contributed by atoms with Crippen molar-refractivity contribution in [2.24, 2.45) is 0 Å². The van der Waals surface area contributed by atoms with Crippen molar-refractivity contribution in [3.05, 3.63) is 59.7 Å². The molecule has 0 unspecified atom stereocenters. The molecule has 1 N–H and O–H groups in total. The van der Waals surface area contributed by atoms with E-state index >= 15 is 0 Å². The summed E-state index contributed by atoms with van der Waals surface area (Å²) in [5.74, 6) is 0.959. The Morgan fingerprint density at radius 3 is 2.28 bits per heavy atom. The summed E-state index contributed by atoms with van der Waals surface area (Å²) < 4.78 is 5.37. The van der Waals surface area contributed by atoms with Gasteiger partial charge in [0.2, 0.25) is 0 Å². The molecule has 3 nitrogen and oxygen atoms in total. The number of thioether (sulfide) groups is 1. The Balaban J connectivity index is 1.46. The van der Waals surface area contributed by atoms with Crippen LogP contribution in [0.25, 0.3) is 11.1 Å². The van der Waals surface area contributed by atoms with Gasteiger partial charge < -0.3 is 10.1 Å². The molecule has 25 heavy (non-hydrogen) atoms. The molecule has 0 spiro atoms. The molecule has 2 aromatic carbocycles. The van der Waals surface area contributed by atoms with Crippen molar-refractivity contribution in [1.29, 1.82) is 0 Å². The minimum atomic E-state index is 0.00281. The number of ether oxygens (including phenoxy) is 1. The molecule has 4 heteroatoms. The van der Waals surface area contributed by atoms with Crippen LogP contribution in [0, 0.1) is 6.92 Å². The summed E-state index contributed by atoms with van der Waals surface area (Å²) in [4.78, 5) is 12.2. The molecule has 132 valence electrons. The van der Waals surface area contributed by atoms with Crippen LogP contribution in [0.15, 0.2) is 48.5 Å². The number of hydrogen-bond acceptors (Lipinski definition) is 3. The molecule has 1 fully saturated rings. The first-order valence-electron chi connectivity index (χ1n) is 8.87. The Labute approximate surface area is 154 Å². The lowest BCUT2D eigenvalue weighted by Crippen LogP contribution is -2.27. The maximum absolute atomic E-state index is 12.2. The lowest BCUT2D eigenvalue weighted by Gasteiger charge is -2.21. The number of benzene rings is 2. The topological polar surface area (TPSA) is 38.3 Å². The van der Waals surface area contributed by atoms with E-state index in [1.807, 2.05) is 36.0 Å². The van der Waals surface area contributed by atoms with E-state index in [1.54, 1.807) is 0 Å². The highest BCUT2D eigenvalue weighted by Gasteiger charge is 2.13. The Morgan fingerprint density at radius 2 is 1.64 bits per heavy atom. The van der Waals surface area contributed by atoms with Gasteiger partial charge in [-0.1, -0.05) is 42.0 Å². The van der Waals surface area contributed by atoms with Crippen molar-refractivity contribution in [2.45, 2.75) is 25.0 Å². The monoisotopic (exact) mass is 355 g/mol. The van der Waals surface area contributed by atoms with Crippen LogP contribution in [-0.4, -0.2) is 36.7 Å². The predicted molar refractivity (Wildman–Crippen MR) is 105 cm³/mol. The molecule has 2 aromatic rings. The maximum atomic E-state index is 12.2. The zero-order valence-electron chi connectivity index (χ0n) is 14.7. The molecule has 1 aliphatic rings. The van der Waals surface area contributed by atoms with Crippen LogP contribution in [-0.2, 0) is 4.74 Å². The Bertz CT molecular complexity index is 676. The third-order valence-corrected chi connectivity index (χ3v) is 5.82. The predicted octanol–water partition coefficient (Wildman–Crippen LogP) is 4.30. The van der Waals surface area contributed by atoms with Crippen LogP contribution < -0.4 is 5.32 Å². The molecule has 0 aromatic heterocycles. The van der Waals surface area contributed by atoms with E-state index in [4.69, 9.17) is 4.74 Å². The molecule has 1 aliphatic heterocycles. The largest absolute Gasteiger partial charge is 0.381 e. The Kier molecular flexibility index (Phi) is 6.54. The summed E-state index contributed by atoms with van der Waals surface area (Å²) in [6.07, 6.45) is 2.25. The fraction of sp³-hybridized carbons (Fsp3) is 0.381. The van der Waals surface area contributed by atoms with Gasteiger partial charge in [-0.15, -0.1) is 0 Å². The van der Waals surface area contributed by atoms with Gasteiger partial charge >= 0.3 is 0 Å². The summed E-state index contributed by atoms with van der Waals surface area (Å²) in [5.41, 5.74) is 4.27. The number of nitrogens with one attached hydrogen (secondary N) is 1. The first-order valence-corrected chi connectivity index (χ1v) is 9.92. The molecule has 1 heterocycles. The van der Waals surface area contributed by atoms with E-state index < -0.39 is 0 Å². The fourth-order valence-corrected chi connectivity index (χ4v) is 3.97. The molecule has 0 saturated carbocycles. The normalized spacial score (nSPS) is 15.1. The highest BCUT2D eigenvalue weighted by molar-refractivity contribution is 7.99. The highest BCUT2D eigenvalue weighted by atomic mass is 32.2. The van der Waals surface area contributed by atoms with Gasteiger partial charge in [-0.2, -0.15) is 11.8 Å². The highest BCUT2D eigenvalue weighted by Crippen LogP contribution is 2.22. The van der Waals surface area contributed by atoms with E-state index in [9.17, 15) is 4.79 Å². The van der Waals surface area contributed by atoms with Crippen LogP contribution in [0.3, 0.4) is 0 Å². The smallest absolute Gasteiger partial charge is 0.251 e. The lowest BCUT2D eigenvalue weighted by molar-refractivity contribution is 0.0955. The van der Waals surface area contributed by atoms with Crippen molar-refractivity contribution in [3.63, 3.8) is 0 Å². The minimum Gasteiger partial charge on any atom is -0.381 e. The Morgan fingerprint density at radius 1 is 1.04 bits per heavy atom. The van der Waals surface area contributed by atoms with Gasteiger partial charge in [-0.25, -0.2) is 0 Å². The number of amides is 1. The van der Waals surface area contributed by atoms with Crippen molar-refractivity contribution in [1.82, 2.24) is 5.32 Å². The first-order chi connectivity index (χ1) is 12.2.